The third-order valence-electron chi connectivity index (χ3n) is 2.71. The first-order valence-corrected chi connectivity index (χ1v) is 5.69. The number of H-pyrrole nitrogens is 1. The van der Waals surface area contributed by atoms with Crippen molar-refractivity contribution in [2.75, 3.05) is 0 Å². The van der Waals surface area contributed by atoms with Crippen LogP contribution in [0.25, 0.3) is 10.9 Å². The quantitative estimate of drug-likeness (QED) is 0.706. The highest BCUT2D eigenvalue weighted by Gasteiger charge is 2.19. The Morgan fingerprint density at radius 2 is 2.32 bits per heavy atom. The van der Waals surface area contributed by atoms with Crippen molar-refractivity contribution in [2.45, 2.75) is 12.5 Å². The summed E-state index contributed by atoms with van der Waals surface area (Å²) in [5.74, 6) is -1.52. The van der Waals surface area contributed by atoms with E-state index in [9.17, 15) is 9.59 Å². The van der Waals surface area contributed by atoms with Gasteiger partial charge >= 0.3 is 5.97 Å². The van der Waals surface area contributed by atoms with E-state index in [4.69, 9.17) is 5.11 Å². The van der Waals surface area contributed by atoms with Gasteiger partial charge in [-0.1, -0.05) is 6.08 Å². The maximum absolute atomic E-state index is 12.0. The highest BCUT2D eigenvalue weighted by atomic mass is 16.4. The van der Waals surface area contributed by atoms with E-state index < -0.39 is 17.9 Å². The van der Waals surface area contributed by atoms with Gasteiger partial charge < -0.3 is 10.4 Å². The van der Waals surface area contributed by atoms with Crippen LogP contribution in [-0.2, 0) is 4.79 Å². The maximum Gasteiger partial charge on any atom is 0.326 e. The van der Waals surface area contributed by atoms with Crippen LogP contribution in [0, 0.1) is 0 Å². The maximum atomic E-state index is 12.0. The average molecular weight is 259 g/mol. The smallest absolute Gasteiger partial charge is 0.326 e. The third-order valence-corrected chi connectivity index (χ3v) is 2.71. The number of carboxylic acids is 1. The molecular formula is C13H13N3O3. The van der Waals surface area contributed by atoms with Crippen LogP contribution in [0.5, 0.6) is 0 Å². The number of carbonyl (C=O) groups excluding carboxylic acids is 1. The summed E-state index contributed by atoms with van der Waals surface area (Å²) < 4.78 is 0. The number of aliphatic carboxylic acids is 1. The molecule has 1 amide bonds. The number of carbonyl (C=O) groups is 2. The Labute approximate surface area is 109 Å². The largest absolute Gasteiger partial charge is 0.480 e. The van der Waals surface area contributed by atoms with Crippen LogP contribution >= 0.6 is 0 Å². The highest BCUT2D eigenvalue weighted by Crippen LogP contribution is 2.13. The van der Waals surface area contributed by atoms with Gasteiger partial charge in [0.15, 0.2) is 0 Å². The van der Waals surface area contributed by atoms with E-state index in [1.807, 2.05) is 0 Å². The van der Waals surface area contributed by atoms with E-state index in [-0.39, 0.29) is 6.42 Å². The first-order chi connectivity index (χ1) is 9.11. The Balaban J connectivity index is 2.18. The Morgan fingerprint density at radius 3 is 3.00 bits per heavy atom. The summed E-state index contributed by atoms with van der Waals surface area (Å²) in [6.45, 7) is 3.47. The molecule has 1 aromatic heterocycles. The number of aromatic amines is 1. The standard InChI is InChI=1S/C13H13N3O3/c1-2-3-11(13(18)19)15-12(17)8-4-5-10-9(6-8)7-14-16-10/h2,4-7,11H,1,3H2,(H,14,16)(H,15,17)(H,18,19). The van der Waals surface area contributed by atoms with Crippen LogP contribution in [0.4, 0.5) is 0 Å². The van der Waals surface area contributed by atoms with Crippen molar-refractivity contribution in [3.05, 3.63) is 42.6 Å². The fourth-order valence-corrected chi connectivity index (χ4v) is 1.71. The minimum absolute atomic E-state index is 0.176. The Bertz CT molecular complexity index is 633. The van der Waals surface area contributed by atoms with E-state index in [2.05, 4.69) is 22.1 Å². The van der Waals surface area contributed by atoms with Gasteiger partial charge in [-0.05, 0) is 24.6 Å². The topological polar surface area (TPSA) is 95.1 Å². The fraction of sp³-hybridized carbons (Fsp3) is 0.154. The van der Waals surface area contributed by atoms with Crippen LogP contribution in [0.1, 0.15) is 16.8 Å². The van der Waals surface area contributed by atoms with Gasteiger partial charge in [0.1, 0.15) is 6.04 Å². The molecule has 0 spiro atoms. The zero-order valence-corrected chi connectivity index (χ0v) is 10.1. The normalized spacial score (nSPS) is 12.0. The number of hydrogen-bond acceptors (Lipinski definition) is 3. The molecule has 0 saturated heterocycles. The van der Waals surface area contributed by atoms with E-state index in [1.54, 1.807) is 24.4 Å². The summed E-state index contributed by atoms with van der Waals surface area (Å²) in [5.41, 5.74) is 1.21. The fourth-order valence-electron chi connectivity index (χ4n) is 1.71. The van der Waals surface area contributed by atoms with Crippen LogP contribution in [0.15, 0.2) is 37.1 Å². The lowest BCUT2D eigenvalue weighted by Gasteiger charge is -2.12. The minimum atomic E-state index is -1.09. The number of fused-ring (bicyclic) bond motifs is 1. The van der Waals surface area contributed by atoms with Gasteiger partial charge in [-0.25, -0.2) is 4.79 Å². The summed E-state index contributed by atoms with van der Waals surface area (Å²) in [5, 5.41) is 18.8. The van der Waals surface area contributed by atoms with Gasteiger partial charge in [-0.15, -0.1) is 6.58 Å². The predicted octanol–water partition coefficient (Wildman–Crippen LogP) is 1.32. The molecule has 98 valence electrons. The number of hydrogen-bond donors (Lipinski definition) is 3. The number of carboxylic acid groups (broad SMARTS) is 1. The summed E-state index contributed by atoms with van der Waals surface area (Å²) >= 11 is 0. The molecular weight excluding hydrogens is 246 g/mol. The van der Waals surface area contributed by atoms with Crippen LogP contribution in [-0.4, -0.2) is 33.2 Å². The minimum Gasteiger partial charge on any atom is -0.480 e. The summed E-state index contributed by atoms with van der Waals surface area (Å²) in [6, 6.07) is 4.02. The van der Waals surface area contributed by atoms with Gasteiger partial charge in [0, 0.05) is 10.9 Å². The number of benzene rings is 1. The zero-order valence-electron chi connectivity index (χ0n) is 10.1. The molecule has 2 aromatic rings. The summed E-state index contributed by atoms with van der Waals surface area (Å²) in [6.07, 6.45) is 3.23. The Hall–Kier alpha value is -2.63. The van der Waals surface area contributed by atoms with Crippen molar-refractivity contribution in [3.8, 4) is 0 Å². The van der Waals surface area contributed by atoms with Crippen molar-refractivity contribution in [3.63, 3.8) is 0 Å². The van der Waals surface area contributed by atoms with E-state index in [0.29, 0.717) is 5.56 Å². The zero-order chi connectivity index (χ0) is 13.8. The van der Waals surface area contributed by atoms with Crippen molar-refractivity contribution in [1.29, 1.82) is 0 Å². The molecule has 1 aromatic carbocycles. The van der Waals surface area contributed by atoms with Crippen molar-refractivity contribution >= 4 is 22.8 Å². The molecule has 0 saturated carbocycles. The molecule has 19 heavy (non-hydrogen) atoms. The molecule has 6 nitrogen and oxygen atoms in total. The SMILES string of the molecule is C=CCC(NC(=O)c1ccc2[nH]ncc2c1)C(=O)O. The number of aromatic nitrogens is 2. The van der Waals surface area contributed by atoms with E-state index in [0.717, 1.165) is 10.9 Å². The third kappa shape index (κ3) is 2.79. The van der Waals surface area contributed by atoms with Gasteiger partial charge in [0.2, 0.25) is 0 Å². The molecule has 2 rings (SSSR count). The average Bonchev–Trinajstić information content (AvgIpc) is 2.85. The van der Waals surface area contributed by atoms with Crippen LogP contribution < -0.4 is 5.32 Å². The molecule has 0 aliphatic heterocycles. The predicted molar refractivity (Wildman–Crippen MR) is 69.8 cm³/mol. The number of amides is 1. The first-order valence-electron chi connectivity index (χ1n) is 5.69. The van der Waals surface area contributed by atoms with Crippen molar-refractivity contribution in [1.82, 2.24) is 15.5 Å². The van der Waals surface area contributed by atoms with Gasteiger partial charge in [0.05, 0.1) is 11.7 Å². The summed E-state index contributed by atoms with van der Waals surface area (Å²) in [4.78, 5) is 22.9. The number of nitrogens with one attached hydrogen (secondary N) is 2. The summed E-state index contributed by atoms with van der Waals surface area (Å²) in [7, 11) is 0. The molecule has 0 radical (unpaired) electrons. The van der Waals surface area contributed by atoms with Crippen molar-refractivity contribution in [2.24, 2.45) is 0 Å². The first kappa shape index (κ1) is 12.8. The van der Waals surface area contributed by atoms with Crippen LogP contribution in [0.2, 0.25) is 0 Å². The van der Waals surface area contributed by atoms with E-state index in [1.165, 1.54) is 6.08 Å². The number of rotatable bonds is 5. The molecule has 3 N–H and O–H groups in total. The second-order valence-electron chi connectivity index (χ2n) is 4.06. The molecule has 0 fully saturated rings. The highest BCUT2D eigenvalue weighted by molar-refractivity contribution is 5.99. The molecule has 0 bridgehead atoms. The van der Waals surface area contributed by atoms with Gasteiger partial charge in [-0.2, -0.15) is 5.10 Å². The Kier molecular flexibility index (Phi) is 3.61. The second-order valence-corrected chi connectivity index (χ2v) is 4.06. The molecule has 1 heterocycles. The lowest BCUT2D eigenvalue weighted by molar-refractivity contribution is -0.139. The lowest BCUT2D eigenvalue weighted by Crippen LogP contribution is -2.40. The van der Waals surface area contributed by atoms with Crippen molar-refractivity contribution < 1.29 is 14.7 Å². The second kappa shape index (κ2) is 5.34. The molecule has 1 atom stereocenters. The Morgan fingerprint density at radius 1 is 1.53 bits per heavy atom. The number of nitrogens with zero attached hydrogens (tertiary/aromatic N) is 1. The molecule has 1 unspecified atom stereocenters. The van der Waals surface area contributed by atoms with E-state index >= 15 is 0 Å². The van der Waals surface area contributed by atoms with Gasteiger partial charge in [-0.3, -0.25) is 9.89 Å². The van der Waals surface area contributed by atoms with Crippen LogP contribution in [0.3, 0.4) is 0 Å². The monoisotopic (exact) mass is 259 g/mol. The molecule has 0 aliphatic carbocycles. The van der Waals surface area contributed by atoms with Gasteiger partial charge in [0.25, 0.3) is 5.91 Å². The molecule has 6 heteroatoms. The lowest BCUT2D eigenvalue weighted by atomic mass is 10.1. The molecule has 0 aliphatic rings.